The molecule has 9 heteroatoms. The van der Waals surface area contributed by atoms with Crippen LogP contribution in [0.4, 0.5) is 0 Å². The van der Waals surface area contributed by atoms with Gasteiger partial charge in [-0.15, -0.1) is 0 Å². The quantitative estimate of drug-likeness (QED) is 0.468. The summed E-state index contributed by atoms with van der Waals surface area (Å²) in [5.74, 6) is -0.705. The number of carbonyl (C=O) groups excluding carboxylic acids is 1. The average molecular weight is 446 g/mol. The lowest BCUT2D eigenvalue weighted by Gasteiger charge is -2.18. The summed E-state index contributed by atoms with van der Waals surface area (Å²) in [5, 5.41) is 0.241. The van der Waals surface area contributed by atoms with E-state index in [1.165, 1.54) is 0 Å². The molecule has 0 aliphatic carbocycles. The summed E-state index contributed by atoms with van der Waals surface area (Å²) < 4.78 is 9.54. The molecule has 0 bridgehead atoms. The molecule has 1 atom stereocenters. The number of aromatic nitrogens is 1. The first kappa shape index (κ1) is 19.8. The van der Waals surface area contributed by atoms with Crippen molar-refractivity contribution in [3.63, 3.8) is 0 Å². The number of rotatable bonds is 5. The Balaban J connectivity index is 2.28. The van der Waals surface area contributed by atoms with Gasteiger partial charge in [-0.2, -0.15) is 4.37 Å². The number of esters is 1. The van der Waals surface area contributed by atoms with Crippen molar-refractivity contribution in [2.24, 2.45) is 0 Å². The zero-order chi connectivity index (χ0) is 17.9. The molecule has 2 rings (SSSR count). The molecule has 0 saturated heterocycles. The lowest BCUT2D eigenvalue weighted by molar-refractivity contribution is 0.0296. The highest BCUT2D eigenvalue weighted by Crippen LogP contribution is 2.34. The zero-order valence-electron chi connectivity index (χ0n) is 12.2. The average Bonchev–Trinajstić information content (AvgIpc) is 2.87. The summed E-state index contributed by atoms with van der Waals surface area (Å²) in [6, 6.07) is 7.44. The Hall–Kier alpha value is -0.490. The van der Waals surface area contributed by atoms with Crippen molar-refractivity contribution < 1.29 is 9.53 Å². The maximum Gasteiger partial charge on any atom is 0.360 e. The molecule has 0 aliphatic heterocycles. The zero-order valence-corrected chi connectivity index (χ0v) is 16.8. The van der Waals surface area contributed by atoms with Crippen molar-refractivity contribution in [3.05, 3.63) is 60.0 Å². The molecule has 3 nitrogen and oxygen atoms in total. The first-order valence-electron chi connectivity index (χ1n) is 6.57. The molecule has 0 radical (unpaired) electrons. The summed E-state index contributed by atoms with van der Waals surface area (Å²) in [4.78, 5) is 12.3. The van der Waals surface area contributed by atoms with Crippen LogP contribution in [0.3, 0.4) is 0 Å². The molecule has 2 aromatic rings. The summed E-state index contributed by atoms with van der Waals surface area (Å²) in [7, 11) is 0. The number of halogens is 5. The topological polar surface area (TPSA) is 39.2 Å². The third kappa shape index (κ3) is 5.01. The molecule has 0 N–H and O–H groups in total. The third-order valence-corrected chi connectivity index (χ3v) is 5.66. The molecular weight excluding hydrogens is 436 g/mol. The molecule has 1 heterocycles. The van der Waals surface area contributed by atoms with Gasteiger partial charge in [-0.25, -0.2) is 4.79 Å². The predicted octanol–water partition coefficient (Wildman–Crippen LogP) is 6.93. The fraction of sp³-hybridized carbons (Fsp3) is 0.200. The second-order valence-corrected chi connectivity index (χ2v) is 7.95. The van der Waals surface area contributed by atoms with Crippen molar-refractivity contribution in [2.75, 3.05) is 0 Å². The maximum absolute atomic E-state index is 12.3. The van der Waals surface area contributed by atoms with Gasteiger partial charge < -0.3 is 4.74 Å². The Morgan fingerprint density at radius 2 is 1.83 bits per heavy atom. The van der Waals surface area contributed by atoms with Crippen molar-refractivity contribution in [3.8, 4) is 0 Å². The number of aryl methyl sites for hydroxylation is 1. The van der Waals surface area contributed by atoms with Gasteiger partial charge in [0.05, 0.1) is 5.03 Å². The minimum Gasteiger partial charge on any atom is -0.452 e. The smallest absolute Gasteiger partial charge is 0.360 e. The Kier molecular flexibility index (Phi) is 7.23. The van der Waals surface area contributed by atoms with Crippen LogP contribution in [0.1, 0.15) is 34.1 Å². The highest BCUT2D eigenvalue weighted by molar-refractivity contribution is 7.11. The van der Waals surface area contributed by atoms with Crippen LogP contribution in [0.2, 0.25) is 9.36 Å². The molecule has 1 aromatic carbocycles. The number of ether oxygens (including phenoxy) is 1. The van der Waals surface area contributed by atoms with E-state index < -0.39 is 12.1 Å². The van der Waals surface area contributed by atoms with Crippen molar-refractivity contribution in [1.82, 2.24) is 4.37 Å². The largest absolute Gasteiger partial charge is 0.452 e. The molecule has 1 aromatic heterocycles. The van der Waals surface area contributed by atoms with Crippen LogP contribution in [0, 0.1) is 6.92 Å². The van der Waals surface area contributed by atoms with Gasteiger partial charge in [0.2, 0.25) is 0 Å². The first-order valence-corrected chi connectivity index (χ1v) is 9.23. The van der Waals surface area contributed by atoms with E-state index in [-0.39, 0.29) is 31.0 Å². The molecule has 128 valence electrons. The van der Waals surface area contributed by atoms with Crippen molar-refractivity contribution >= 4 is 75.5 Å². The minimum atomic E-state index is -0.705. The second-order valence-electron chi connectivity index (χ2n) is 4.79. The van der Waals surface area contributed by atoms with E-state index in [1.54, 1.807) is 0 Å². The lowest BCUT2D eigenvalue weighted by Crippen LogP contribution is -2.13. The number of benzene rings is 1. The van der Waals surface area contributed by atoms with Crippen molar-refractivity contribution in [1.29, 1.82) is 0 Å². The standard InChI is InChI=1S/C15H10Cl5NO2S/c1-7-2-4-8(5-3-7)10(6-9(16)13(18)19)23-15(22)12-11(17)14(20)24-21-12/h2-5,10H,6H2,1H3. The van der Waals surface area contributed by atoms with Crippen LogP contribution in [-0.4, -0.2) is 10.3 Å². The summed E-state index contributed by atoms with van der Waals surface area (Å²) >= 11 is 30.1. The van der Waals surface area contributed by atoms with Crippen LogP contribution < -0.4 is 0 Å². The maximum atomic E-state index is 12.3. The summed E-state index contributed by atoms with van der Waals surface area (Å²) in [5.41, 5.74) is 1.76. The van der Waals surface area contributed by atoms with Gasteiger partial charge in [0.1, 0.15) is 20.0 Å². The third-order valence-electron chi connectivity index (χ3n) is 3.06. The van der Waals surface area contributed by atoms with Gasteiger partial charge in [-0.3, -0.25) is 0 Å². The normalized spacial score (nSPS) is 11.9. The van der Waals surface area contributed by atoms with Crippen LogP contribution in [0.5, 0.6) is 0 Å². The van der Waals surface area contributed by atoms with Gasteiger partial charge in [0, 0.05) is 6.42 Å². The van der Waals surface area contributed by atoms with Gasteiger partial charge in [0.15, 0.2) is 5.69 Å². The minimum absolute atomic E-state index is 0.0409. The van der Waals surface area contributed by atoms with E-state index in [2.05, 4.69) is 4.37 Å². The van der Waals surface area contributed by atoms with E-state index in [0.717, 1.165) is 22.7 Å². The fourth-order valence-corrected chi connectivity index (χ4v) is 3.09. The van der Waals surface area contributed by atoms with Gasteiger partial charge in [-0.05, 0) is 24.0 Å². The van der Waals surface area contributed by atoms with Gasteiger partial charge >= 0.3 is 5.97 Å². The molecule has 0 fully saturated rings. The highest BCUT2D eigenvalue weighted by atomic mass is 35.5. The number of hydrogen-bond acceptors (Lipinski definition) is 4. The van der Waals surface area contributed by atoms with Gasteiger partial charge in [-0.1, -0.05) is 87.8 Å². The SMILES string of the molecule is Cc1ccc(C(CC(Cl)=C(Cl)Cl)OC(=O)c2nsc(Cl)c2Cl)cc1. The molecule has 0 aliphatic rings. The molecule has 0 spiro atoms. The second kappa shape index (κ2) is 8.75. The van der Waals surface area contributed by atoms with Crippen LogP contribution >= 0.6 is 69.5 Å². The number of hydrogen-bond donors (Lipinski definition) is 0. The Morgan fingerprint density at radius 1 is 1.21 bits per heavy atom. The van der Waals surface area contributed by atoms with E-state index in [9.17, 15) is 4.79 Å². The van der Waals surface area contributed by atoms with Gasteiger partial charge in [0.25, 0.3) is 0 Å². The Bertz CT molecular complexity index is 769. The Labute approximate surface area is 168 Å². The number of carbonyl (C=O) groups is 1. The van der Waals surface area contributed by atoms with Crippen LogP contribution in [0.15, 0.2) is 33.8 Å². The van der Waals surface area contributed by atoms with E-state index >= 15 is 0 Å². The Morgan fingerprint density at radius 3 is 2.33 bits per heavy atom. The molecule has 24 heavy (non-hydrogen) atoms. The highest BCUT2D eigenvalue weighted by Gasteiger charge is 2.25. The molecular formula is C15H10Cl5NO2S. The number of nitrogens with zero attached hydrogens (tertiary/aromatic N) is 1. The van der Waals surface area contributed by atoms with Crippen LogP contribution in [0.25, 0.3) is 0 Å². The molecule has 1 unspecified atom stereocenters. The summed E-state index contributed by atoms with van der Waals surface area (Å²) in [6.07, 6.45) is -0.580. The first-order chi connectivity index (χ1) is 11.3. The monoisotopic (exact) mass is 443 g/mol. The summed E-state index contributed by atoms with van der Waals surface area (Å²) in [6.45, 7) is 1.95. The van der Waals surface area contributed by atoms with Crippen LogP contribution in [-0.2, 0) is 4.74 Å². The lowest BCUT2D eigenvalue weighted by atomic mass is 10.0. The van der Waals surface area contributed by atoms with E-state index in [0.29, 0.717) is 0 Å². The van der Waals surface area contributed by atoms with Crippen molar-refractivity contribution in [2.45, 2.75) is 19.4 Å². The fourth-order valence-electron chi connectivity index (χ4n) is 1.82. The molecule has 0 amide bonds. The van der Waals surface area contributed by atoms with E-state index in [4.69, 9.17) is 62.7 Å². The van der Waals surface area contributed by atoms with E-state index in [1.807, 2.05) is 31.2 Å². The molecule has 0 saturated carbocycles. The predicted molar refractivity (Wildman–Crippen MR) is 101 cm³/mol.